The number of aromatic nitrogens is 1. The van der Waals surface area contributed by atoms with Crippen LogP contribution in [-0.2, 0) is 11.2 Å². The highest BCUT2D eigenvalue weighted by molar-refractivity contribution is 6.30. The SMILES string of the molecule is CNC[C@@H]1[C@@H](c2ccccc2)C2(c3ccc(C#N)cc3)Oc3cc(Cl)cnc3[C@]2(O)[C@@H]1O. The Labute approximate surface area is 191 Å². The van der Waals surface area contributed by atoms with Gasteiger partial charge < -0.3 is 20.3 Å². The molecule has 6 nitrogen and oxygen atoms in total. The van der Waals surface area contributed by atoms with Gasteiger partial charge in [-0.15, -0.1) is 0 Å². The van der Waals surface area contributed by atoms with E-state index >= 15 is 0 Å². The molecule has 1 saturated carbocycles. The van der Waals surface area contributed by atoms with Crippen LogP contribution in [0.25, 0.3) is 0 Å². The van der Waals surface area contributed by atoms with Crippen molar-refractivity contribution in [3.05, 3.63) is 94.3 Å². The number of rotatable bonds is 4. The molecule has 1 aliphatic carbocycles. The van der Waals surface area contributed by atoms with Gasteiger partial charge in [0.05, 0.1) is 22.8 Å². The molecule has 0 spiro atoms. The molecule has 1 unspecified atom stereocenters. The minimum atomic E-state index is -1.83. The molecule has 162 valence electrons. The lowest BCUT2D eigenvalue weighted by Gasteiger charge is -2.40. The Morgan fingerprint density at radius 2 is 1.91 bits per heavy atom. The Kier molecular flexibility index (Phi) is 4.95. The van der Waals surface area contributed by atoms with Gasteiger partial charge in [-0.1, -0.05) is 54.1 Å². The first-order chi connectivity index (χ1) is 15.5. The standard InChI is InChI=1S/C25H22ClN3O3/c1-28-14-19-21(16-5-3-2-4-6-16)25(17-9-7-15(12-27)8-10-17)24(31,23(19)30)22-20(32-25)11-18(26)13-29-22/h2-11,13,19,21,23,28,30-31H,14H2,1H3/t19-,21-,23-,24+,25?/m1/s1. The summed E-state index contributed by atoms with van der Waals surface area (Å²) in [5.74, 6) is -0.460. The van der Waals surface area contributed by atoms with E-state index in [0.29, 0.717) is 28.4 Å². The zero-order valence-electron chi connectivity index (χ0n) is 17.4. The van der Waals surface area contributed by atoms with Crippen LogP contribution in [0.3, 0.4) is 0 Å². The van der Waals surface area contributed by atoms with Gasteiger partial charge in [0.15, 0.2) is 11.2 Å². The number of ether oxygens (including phenoxy) is 1. The van der Waals surface area contributed by atoms with Gasteiger partial charge in [-0.25, -0.2) is 0 Å². The van der Waals surface area contributed by atoms with Crippen molar-refractivity contribution in [2.24, 2.45) is 5.92 Å². The Hall–Kier alpha value is -2.95. The molecule has 5 rings (SSSR count). The molecule has 7 heteroatoms. The highest BCUT2D eigenvalue weighted by Gasteiger charge is 2.76. The van der Waals surface area contributed by atoms with Crippen LogP contribution >= 0.6 is 11.6 Å². The van der Waals surface area contributed by atoms with E-state index in [1.807, 2.05) is 37.4 Å². The number of aliphatic hydroxyl groups excluding tert-OH is 1. The lowest BCUT2D eigenvalue weighted by molar-refractivity contribution is -0.153. The molecule has 0 bridgehead atoms. The average molecular weight is 448 g/mol. The number of pyridine rings is 1. The lowest BCUT2D eigenvalue weighted by atomic mass is 9.71. The summed E-state index contributed by atoms with van der Waals surface area (Å²) < 4.78 is 6.61. The van der Waals surface area contributed by atoms with Crippen molar-refractivity contribution in [2.45, 2.75) is 23.2 Å². The van der Waals surface area contributed by atoms with Gasteiger partial charge in [-0.3, -0.25) is 4.98 Å². The minimum absolute atomic E-state index is 0.262. The van der Waals surface area contributed by atoms with Gasteiger partial charge in [-0.2, -0.15) is 5.26 Å². The number of nitrogens with zero attached hydrogens (tertiary/aromatic N) is 2. The van der Waals surface area contributed by atoms with Crippen molar-refractivity contribution < 1.29 is 14.9 Å². The number of hydrogen-bond donors (Lipinski definition) is 3. The molecule has 1 fully saturated rings. The predicted octanol–water partition coefficient (Wildman–Crippen LogP) is 3.08. The first-order valence-electron chi connectivity index (χ1n) is 10.4. The van der Waals surface area contributed by atoms with Gasteiger partial charge in [0.1, 0.15) is 11.4 Å². The van der Waals surface area contributed by atoms with Crippen LogP contribution in [0, 0.1) is 17.2 Å². The number of aliphatic hydroxyl groups is 2. The Morgan fingerprint density at radius 3 is 2.56 bits per heavy atom. The van der Waals surface area contributed by atoms with E-state index in [1.165, 1.54) is 6.20 Å². The molecule has 0 amide bonds. The molecule has 0 saturated heterocycles. The van der Waals surface area contributed by atoms with Crippen LogP contribution in [0.4, 0.5) is 0 Å². The molecule has 1 aromatic heterocycles. The molecule has 2 heterocycles. The summed E-state index contributed by atoms with van der Waals surface area (Å²) in [5, 5.41) is 36.8. The number of hydrogen-bond acceptors (Lipinski definition) is 6. The van der Waals surface area contributed by atoms with Gasteiger partial charge in [0.2, 0.25) is 0 Å². The fraction of sp³-hybridized carbons (Fsp3) is 0.280. The molecule has 3 aromatic rings. The quantitative estimate of drug-likeness (QED) is 0.568. The second kappa shape index (κ2) is 7.58. The second-order valence-electron chi connectivity index (χ2n) is 8.35. The number of halogens is 1. The average Bonchev–Trinajstić information content (AvgIpc) is 3.17. The maximum absolute atomic E-state index is 12.3. The van der Waals surface area contributed by atoms with E-state index in [1.54, 1.807) is 30.3 Å². The number of nitrogens with one attached hydrogen (secondary N) is 1. The molecule has 3 N–H and O–H groups in total. The molecule has 1 aliphatic heterocycles. The Balaban J connectivity index is 1.83. The first-order valence-corrected chi connectivity index (χ1v) is 10.8. The van der Waals surface area contributed by atoms with Gasteiger partial charge >= 0.3 is 0 Å². The lowest BCUT2D eigenvalue weighted by Crippen LogP contribution is -2.52. The fourth-order valence-corrected chi connectivity index (χ4v) is 5.67. The van der Waals surface area contributed by atoms with Crippen LogP contribution in [-0.4, -0.2) is 34.9 Å². The molecule has 0 radical (unpaired) electrons. The highest BCUT2D eigenvalue weighted by atomic mass is 35.5. The van der Waals surface area contributed by atoms with Crippen LogP contribution in [0.2, 0.25) is 5.02 Å². The summed E-state index contributed by atoms with van der Waals surface area (Å²) in [5.41, 5.74) is -0.872. The van der Waals surface area contributed by atoms with Crippen LogP contribution in [0.5, 0.6) is 5.75 Å². The summed E-state index contributed by atoms with van der Waals surface area (Å²) >= 11 is 6.19. The third-order valence-electron chi connectivity index (χ3n) is 6.76. The van der Waals surface area contributed by atoms with Crippen molar-refractivity contribution in [3.8, 4) is 11.8 Å². The zero-order chi connectivity index (χ0) is 22.5. The summed E-state index contributed by atoms with van der Waals surface area (Å²) in [6.45, 7) is 0.452. The number of fused-ring (bicyclic) bond motifs is 3. The molecule has 2 aliphatic rings. The third-order valence-corrected chi connectivity index (χ3v) is 6.97. The number of nitriles is 1. The largest absolute Gasteiger partial charge is 0.476 e. The maximum atomic E-state index is 12.3. The minimum Gasteiger partial charge on any atom is -0.476 e. The summed E-state index contributed by atoms with van der Waals surface area (Å²) in [6, 6.07) is 20.4. The molecular formula is C25H22ClN3O3. The summed E-state index contributed by atoms with van der Waals surface area (Å²) in [7, 11) is 1.81. The maximum Gasteiger partial charge on any atom is 0.181 e. The van der Waals surface area contributed by atoms with E-state index in [2.05, 4.69) is 16.4 Å². The van der Waals surface area contributed by atoms with Crippen molar-refractivity contribution >= 4 is 11.6 Å². The summed E-state index contributed by atoms with van der Waals surface area (Å²) in [6.07, 6.45) is 0.275. The third kappa shape index (κ3) is 2.66. The molecule has 32 heavy (non-hydrogen) atoms. The van der Waals surface area contributed by atoms with Gasteiger partial charge in [0.25, 0.3) is 0 Å². The van der Waals surface area contributed by atoms with Crippen molar-refractivity contribution in [1.29, 1.82) is 5.26 Å². The molecule has 5 atom stereocenters. The van der Waals surface area contributed by atoms with Crippen LogP contribution < -0.4 is 10.1 Å². The zero-order valence-corrected chi connectivity index (χ0v) is 18.1. The molecular weight excluding hydrogens is 426 g/mol. The Morgan fingerprint density at radius 1 is 1.19 bits per heavy atom. The van der Waals surface area contributed by atoms with Crippen molar-refractivity contribution in [2.75, 3.05) is 13.6 Å². The van der Waals surface area contributed by atoms with E-state index < -0.39 is 23.2 Å². The van der Waals surface area contributed by atoms with E-state index in [0.717, 1.165) is 5.56 Å². The Bertz CT molecular complexity index is 1200. The van der Waals surface area contributed by atoms with E-state index in [4.69, 9.17) is 16.3 Å². The highest BCUT2D eigenvalue weighted by Crippen LogP contribution is 2.67. The smallest absolute Gasteiger partial charge is 0.181 e. The fourth-order valence-electron chi connectivity index (χ4n) is 5.52. The predicted molar refractivity (Wildman–Crippen MR) is 119 cm³/mol. The topological polar surface area (TPSA) is 98.4 Å². The van der Waals surface area contributed by atoms with E-state index in [-0.39, 0.29) is 11.6 Å². The summed E-state index contributed by atoms with van der Waals surface area (Å²) in [4.78, 5) is 4.41. The molecule has 2 aromatic carbocycles. The van der Waals surface area contributed by atoms with Crippen LogP contribution in [0.1, 0.15) is 28.3 Å². The van der Waals surface area contributed by atoms with Crippen LogP contribution in [0.15, 0.2) is 66.9 Å². The monoisotopic (exact) mass is 447 g/mol. The number of benzene rings is 2. The van der Waals surface area contributed by atoms with Crippen molar-refractivity contribution in [3.63, 3.8) is 0 Å². The van der Waals surface area contributed by atoms with Crippen molar-refractivity contribution in [1.82, 2.24) is 10.3 Å². The van der Waals surface area contributed by atoms with E-state index in [9.17, 15) is 15.5 Å². The first kappa shape index (κ1) is 20.9. The second-order valence-corrected chi connectivity index (χ2v) is 8.78. The van der Waals surface area contributed by atoms with Gasteiger partial charge in [-0.05, 0) is 30.3 Å². The normalized spacial score (nSPS) is 30.3. The van der Waals surface area contributed by atoms with Gasteiger partial charge in [0, 0.05) is 30.6 Å².